The molecule has 0 aliphatic heterocycles. The van der Waals surface area contributed by atoms with Crippen molar-refractivity contribution in [3.63, 3.8) is 0 Å². The maximum atomic E-state index is 14.9. The number of halogens is 1. The van der Waals surface area contributed by atoms with E-state index in [1.807, 2.05) is 72.8 Å². The molecule has 5 heteroatoms. The zero-order valence-corrected chi connectivity index (χ0v) is 24.0. The SMILES string of the molecule is C=C(C)C(=O)Oc1cccc(C=Cc2ccc(C=Cc3ccc(C=Cc4ccccc4OC(=O)C(=C)C)c(F)c3)cc2)c1. The van der Waals surface area contributed by atoms with Gasteiger partial charge in [-0.15, -0.1) is 0 Å². The first kappa shape index (κ1) is 30.4. The van der Waals surface area contributed by atoms with Crippen molar-refractivity contribution in [3.8, 4) is 11.5 Å². The lowest BCUT2D eigenvalue weighted by atomic mass is 10.1. The predicted octanol–water partition coefficient (Wildman–Crippen LogP) is 9.30. The van der Waals surface area contributed by atoms with Crippen LogP contribution in [0.1, 0.15) is 47.2 Å². The summed E-state index contributed by atoms with van der Waals surface area (Å²) < 4.78 is 25.5. The second kappa shape index (κ2) is 14.4. The Kier molecular flexibility index (Phi) is 10.2. The van der Waals surface area contributed by atoms with Gasteiger partial charge in [-0.25, -0.2) is 14.0 Å². The van der Waals surface area contributed by atoms with Crippen LogP contribution in [-0.2, 0) is 9.59 Å². The van der Waals surface area contributed by atoms with Gasteiger partial charge in [0.25, 0.3) is 0 Å². The minimum Gasteiger partial charge on any atom is -0.423 e. The highest BCUT2D eigenvalue weighted by Crippen LogP contribution is 2.23. The van der Waals surface area contributed by atoms with E-state index in [-0.39, 0.29) is 5.82 Å². The number of rotatable bonds is 10. The Hall–Kier alpha value is -5.55. The standard InChI is InChI=1S/C38H31FO4/c1-26(2)37(40)42-34-10-7-8-30(24-34)18-16-28-12-14-29(15-13-28)17-19-31-20-21-32(35(39)25-31)22-23-33-9-5-6-11-36(33)43-38(41)27(3)4/h5-25H,1,3H2,2,4H3. The van der Waals surface area contributed by atoms with Gasteiger partial charge >= 0.3 is 11.9 Å². The molecule has 0 unspecified atom stereocenters. The molecule has 0 radical (unpaired) electrons. The second-order valence-electron chi connectivity index (χ2n) is 9.90. The number of para-hydroxylation sites is 1. The molecule has 4 rings (SSSR count). The van der Waals surface area contributed by atoms with Gasteiger partial charge in [-0.05, 0) is 60.4 Å². The number of carbonyl (C=O) groups excluding carboxylic acids is 2. The summed E-state index contributed by atoms with van der Waals surface area (Å²) in [7, 11) is 0. The van der Waals surface area contributed by atoms with E-state index in [9.17, 15) is 14.0 Å². The first-order valence-corrected chi connectivity index (χ1v) is 13.6. The molecule has 0 aromatic heterocycles. The molecule has 0 N–H and O–H groups in total. The molecule has 0 saturated heterocycles. The van der Waals surface area contributed by atoms with Gasteiger partial charge in [0.1, 0.15) is 17.3 Å². The number of hydrogen-bond acceptors (Lipinski definition) is 4. The van der Waals surface area contributed by atoms with Crippen molar-refractivity contribution in [2.24, 2.45) is 0 Å². The van der Waals surface area contributed by atoms with Crippen LogP contribution in [0.2, 0.25) is 0 Å². The maximum absolute atomic E-state index is 14.9. The van der Waals surface area contributed by atoms with Crippen LogP contribution in [0, 0.1) is 5.82 Å². The summed E-state index contributed by atoms with van der Waals surface area (Å²) in [6.45, 7) is 10.4. The predicted molar refractivity (Wildman–Crippen MR) is 173 cm³/mol. The highest BCUT2D eigenvalue weighted by atomic mass is 19.1. The van der Waals surface area contributed by atoms with Crippen LogP contribution in [0.25, 0.3) is 36.5 Å². The molecule has 0 aliphatic rings. The van der Waals surface area contributed by atoms with Crippen molar-refractivity contribution >= 4 is 48.4 Å². The Morgan fingerprint density at radius 3 is 1.74 bits per heavy atom. The van der Waals surface area contributed by atoms with Crippen molar-refractivity contribution in [3.05, 3.63) is 154 Å². The van der Waals surface area contributed by atoms with Crippen molar-refractivity contribution in [1.29, 1.82) is 0 Å². The van der Waals surface area contributed by atoms with Gasteiger partial charge < -0.3 is 9.47 Å². The first-order valence-electron chi connectivity index (χ1n) is 13.6. The second-order valence-corrected chi connectivity index (χ2v) is 9.90. The summed E-state index contributed by atoms with van der Waals surface area (Å²) in [4.78, 5) is 23.7. The van der Waals surface area contributed by atoms with Gasteiger partial charge in [-0.2, -0.15) is 0 Å². The van der Waals surface area contributed by atoms with Crippen LogP contribution in [0.3, 0.4) is 0 Å². The molecular formula is C38H31FO4. The van der Waals surface area contributed by atoms with E-state index < -0.39 is 11.9 Å². The zero-order chi connectivity index (χ0) is 30.8. The third-order valence-electron chi connectivity index (χ3n) is 6.23. The maximum Gasteiger partial charge on any atom is 0.338 e. The van der Waals surface area contributed by atoms with Crippen LogP contribution >= 0.6 is 0 Å². The average molecular weight is 571 g/mol. The summed E-state index contributed by atoms with van der Waals surface area (Å²) >= 11 is 0. The molecule has 4 nitrogen and oxygen atoms in total. The Morgan fingerprint density at radius 1 is 0.581 bits per heavy atom. The van der Waals surface area contributed by atoms with Crippen LogP contribution < -0.4 is 9.47 Å². The first-order chi connectivity index (χ1) is 20.7. The normalized spacial score (nSPS) is 11.2. The molecule has 0 bridgehead atoms. The minimum absolute atomic E-state index is 0.296. The van der Waals surface area contributed by atoms with E-state index >= 15 is 0 Å². The molecule has 0 amide bonds. The number of carbonyl (C=O) groups is 2. The van der Waals surface area contributed by atoms with Gasteiger partial charge in [0.2, 0.25) is 0 Å². The minimum atomic E-state index is -0.514. The van der Waals surface area contributed by atoms with Crippen molar-refractivity contribution < 1.29 is 23.5 Å². The monoisotopic (exact) mass is 570 g/mol. The molecule has 0 atom stereocenters. The molecule has 0 heterocycles. The molecule has 4 aromatic carbocycles. The summed E-state index contributed by atoms with van der Waals surface area (Å²) in [6, 6.07) is 27.2. The number of esters is 2. The third-order valence-corrected chi connectivity index (χ3v) is 6.23. The Morgan fingerprint density at radius 2 is 1.12 bits per heavy atom. The van der Waals surface area contributed by atoms with E-state index in [0.717, 1.165) is 22.3 Å². The number of hydrogen-bond donors (Lipinski definition) is 0. The molecule has 0 fully saturated rings. The fraction of sp³-hybridized carbons (Fsp3) is 0.0526. The number of benzene rings is 4. The van der Waals surface area contributed by atoms with E-state index in [1.165, 1.54) is 6.07 Å². The average Bonchev–Trinajstić information content (AvgIpc) is 2.99. The van der Waals surface area contributed by atoms with Crippen molar-refractivity contribution in [2.75, 3.05) is 0 Å². The van der Waals surface area contributed by atoms with Gasteiger partial charge in [-0.3, -0.25) is 0 Å². The van der Waals surface area contributed by atoms with E-state index in [0.29, 0.717) is 33.8 Å². The van der Waals surface area contributed by atoms with E-state index in [1.54, 1.807) is 62.4 Å². The zero-order valence-electron chi connectivity index (χ0n) is 24.0. The molecule has 43 heavy (non-hydrogen) atoms. The van der Waals surface area contributed by atoms with Gasteiger partial charge in [-0.1, -0.05) is 116 Å². The topological polar surface area (TPSA) is 52.6 Å². The highest BCUT2D eigenvalue weighted by molar-refractivity contribution is 5.90. The van der Waals surface area contributed by atoms with Crippen LogP contribution in [-0.4, -0.2) is 11.9 Å². The smallest absolute Gasteiger partial charge is 0.338 e. The molecule has 214 valence electrons. The summed E-state index contributed by atoms with van der Waals surface area (Å²) in [5, 5.41) is 0. The van der Waals surface area contributed by atoms with Crippen LogP contribution in [0.4, 0.5) is 4.39 Å². The van der Waals surface area contributed by atoms with Crippen LogP contribution in [0.15, 0.2) is 115 Å². The Balaban J connectivity index is 1.38. The summed E-state index contributed by atoms with van der Waals surface area (Å²) in [5.41, 5.74) is 5.28. The lowest BCUT2D eigenvalue weighted by Gasteiger charge is -2.07. The molecule has 4 aromatic rings. The fourth-order valence-electron chi connectivity index (χ4n) is 3.84. The lowest BCUT2D eigenvalue weighted by molar-refractivity contribution is -0.130. The molecule has 0 saturated carbocycles. The third kappa shape index (κ3) is 8.97. The van der Waals surface area contributed by atoms with Crippen molar-refractivity contribution in [1.82, 2.24) is 0 Å². The van der Waals surface area contributed by atoms with Crippen molar-refractivity contribution in [2.45, 2.75) is 13.8 Å². The highest BCUT2D eigenvalue weighted by Gasteiger charge is 2.08. The van der Waals surface area contributed by atoms with E-state index in [2.05, 4.69) is 13.2 Å². The fourth-order valence-corrected chi connectivity index (χ4v) is 3.84. The molecule has 0 spiro atoms. The Labute approximate surface area is 251 Å². The summed E-state index contributed by atoms with van der Waals surface area (Å²) in [6.07, 6.45) is 11.0. The largest absolute Gasteiger partial charge is 0.423 e. The van der Waals surface area contributed by atoms with Gasteiger partial charge in [0, 0.05) is 22.3 Å². The lowest BCUT2D eigenvalue weighted by Crippen LogP contribution is -2.08. The molecule has 0 aliphatic carbocycles. The molecular weight excluding hydrogens is 539 g/mol. The van der Waals surface area contributed by atoms with Crippen LogP contribution in [0.5, 0.6) is 11.5 Å². The Bertz CT molecular complexity index is 1760. The van der Waals surface area contributed by atoms with Gasteiger partial charge in [0.15, 0.2) is 0 Å². The number of ether oxygens (including phenoxy) is 2. The van der Waals surface area contributed by atoms with E-state index in [4.69, 9.17) is 9.47 Å². The summed E-state index contributed by atoms with van der Waals surface area (Å²) in [5.74, 6) is -0.497. The quantitative estimate of drug-likeness (QED) is 0.0825. The van der Waals surface area contributed by atoms with Gasteiger partial charge in [0.05, 0.1) is 0 Å².